The molecule has 4 aliphatic carbocycles. The molecule has 0 radical (unpaired) electrons. The second kappa shape index (κ2) is 8.86. The fraction of sp³-hybridized carbons (Fsp3) is 0.577. The third kappa shape index (κ3) is 3.46. The number of hydrogen-bond acceptors (Lipinski definition) is 9. The molecule has 7 atom stereocenters. The molecule has 3 saturated carbocycles. The Bertz CT molecular complexity index is 1160. The summed E-state index contributed by atoms with van der Waals surface area (Å²) in [5, 5.41) is 36.9. The number of carbonyl (C=O) groups is 5. The standard InChI is InChI=1S/C26H30N2O8/c27-25(35)19-16(30)9-14-21(31)18-13(10-28-11-5-2-1-3-6-11)12-7-4-8-15(29)17(12)22(32)20(18)24(34)26(14,36)23(19)33/h4,7-8,11,13-14,18-21,28-29,31,36H,1-3,5-6,9-10H2,(H2,27,35)/t13-,14+,18+,19?,20?,21+,26+/m0/s1. The molecule has 6 N–H and O–H groups in total. The van der Waals surface area contributed by atoms with Gasteiger partial charge in [0.2, 0.25) is 5.91 Å². The molecule has 0 aliphatic heterocycles. The number of carbonyl (C=O) groups excluding carboxylic acids is 5. The summed E-state index contributed by atoms with van der Waals surface area (Å²) in [6.07, 6.45) is 3.06. The van der Waals surface area contributed by atoms with Crippen molar-refractivity contribution >= 4 is 29.0 Å². The van der Waals surface area contributed by atoms with Gasteiger partial charge < -0.3 is 26.4 Å². The maximum atomic E-state index is 13.8. The van der Waals surface area contributed by atoms with Crippen molar-refractivity contribution in [3.8, 4) is 5.75 Å². The van der Waals surface area contributed by atoms with Crippen molar-refractivity contribution in [2.24, 2.45) is 29.4 Å². The number of primary amides is 1. The average Bonchev–Trinajstić information content (AvgIpc) is 2.84. The van der Waals surface area contributed by atoms with Crippen LogP contribution in [0, 0.1) is 23.7 Å². The van der Waals surface area contributed by atoms with E-state index in [0.29, 0.717) is 5.56 Å². The first-order chi connectivity index (χ1) is 17.1. The maximum absolute atomic E-state index is 13.8. The van der Waals surface area contributed by atoms with Gasteiger partial charge in [0.25, 0.3) is 0 Å². The van der Waals surface area contributed by atoms with E-state index in [4.69, 9.17) is 5.73 Å². The molecular weight excluding hydrogens is 468 g/mol. The second-order valence-corrected chi connectivity index (χ2v) is 10.6. The van der Waals surface area contributed by atoms with Crippen LogP contribution in [-0.2, 0) is 19.2 Å². The summed E-state index contributed by atoms with van der Waals surface area (Å²) in [4.78, 5) is 64.9. The molecular formula is C26H30N2O8. The SMILES string of the molecule is NC(=O)C1C(=O)C[C@@H]2[C@@H](O)[C@H]3C(C(=O)c4c(O)cccc4[C@@H]3CNC3CCCCC3)C(=O)[C@]2(O)C1=O. The molecule has 1 aromatic rings. The molecule has 3 fully saturated rings. The van der Waals surface area contributed by atoms with E-state index in [1.807, 2.05) is 0 Å². The molecule has 10 heteroatoms. The molecule has 36 heavy (non-hydrogen) atoms. The maximum Gasteiger partial charge on any atom is 0.235 e. The van der Waals surface area contributed by atoms with Crippen LogP contribution in [0.5, 0.6) is 5.75 Å². The lowest BCUT2D eigenvalue weighted by Gasteiger charge is -2.53. The smallest absolute Gasteiger partial charge is 0.235 e. The fourth-order valence-corrected chi connectivity index (χ4v) is 6.98. The van der Waals surface area contributed by atoms with Crippen LogP contribution in [0.3, 0.4) is 0 Å². The summed E-state index contributed by atoms with van der Waals surface area (Å²) in [7, 11) is 0. The topological polar surface area (TPSA) is 184 Å². The minimum Gasteiger partial charge on any atom is -0.507 e. The van der Waals surface area contributed by atoms with Gasteiger partial charge in [-0.25, -0.2) is 0 Å². The lowest BCUT2D eigenvalue weighted by molar-refractivity contribution is -0.189. The molecule has 0 saturated heterocycles. The van der Waals surface area contributed by atoms with Crippen LogP contribution in [0.2, 0.25) is 0 Å². The number of amides is 1. The molecule has 0 spiro atoms. The number of ketones is 4. The van der Waals surface area contributed by atoms with Crippen molar-refractivity contribution in [3.63, 3.8) is 0 Å². The summed E-state index contributed by atoms with van der Waals surface area (Å²) in [6.45, 7) is 0.289. The molecule has 1 amide bonds. The van der Waals surface area contributed by atoms with E-state index in [0.717, 1.165) is 32.1 Å². The number of aliphatic hydroxyl groups excluding tert-OH is 1. The zero-order chi connectivity index (χ0) is 25.9. The van der Waals surface area contributed by atoms with Crippen molar-refractivity contribution in [3.05, 3.63) is 29.3 Å². The Hall–Kier alpha value is -2.95. The number of phenols is 1. The Balaban J connectivity index is 1.59. The van der Waals surface area contributed by atoms with Crippen LogP contribution in [0.1, 0.15) is 60.4 Å². The molecule has 2 unspecified atom stereocenters. The molecule has 10 nitrogen and oxygen atoms in total. The number of aliphatic hydroxyl groups is 2. The number of nitrogens with two attached hydrogens (primary N) is 1. The van der Waals surface area contributed by atoms with Gasteiger partial charge in [0.15, 0.2) is 34.7 Å². The Morgan fingerprint density at radius 2 is 1.78 bits per heavy atom. The number of hydrogen-bond donors (Lipinski definition) is 5. The Labute approximate surface area is 207 Å². The highest BCUT2D eigenvalue weighted by molar-refractivity contribution is 6.31. The van der Waals surface area contributed by atoms with E-state index in [1.54, 1.807) is 12.1 Å². The fourth-order valence-electron chi connectivity index (χ4n) is 6.98. The lowest BCUT2D eigenvalue weighted by atomic mass is 9.50. The third-order valence-corrected chi connectivity index (χ3v) is 8.75. The van der Waals surface area contributed by atoms with Gasteiger partial charge in [0, 0.05) is 36.8 Å². The number of nitrogens with one attached hydrogen (secondary N) is 1. The van der Waals surface area contributed by atoms with Gasteiger partial charge in [0.05, 0.1) is 17.6 Å². The van der Waals surface area contributed by atoms with Crippen molar-refractivity contribution in [2.75, 3.05) is 6.54 Å². The number of phenolic OH excluding ortho intramolecular Hbond substituents is 1. The van der Waals surface area contributed by atoms with Crippen LogP contribution < -0.4 is 11.1 Å². The predicted molar refractivity (Wildman–Crippen MR) is 124 cm³/mol. The number of rotatable bonds is 4. The molecule has 5 rings (SSSR count). The Morgan fingerprint density at radius 1 is 1.08 bits per heavy atom. The van der Waals surface area contributed by atoms with E-state index >= 15 is 0 Å². The number of Topliss-reactive ketones (excluding diaryl/α,β-unsaturated/α-hetero) is 4. The van der Waals surface area contributed by atoms with Crippen molar-refractivity contribution < 1.29 is 39.3 Å². The Morgan fingerprint density at radius 3 is 2.44 bits per heavy atom. The van der Waals surface area contributed by atoms with Gasteiger partial charge in [-0.15, -0.1) is 0 Å². The van der Waals surface area contributed by atoms with E-state index < -0.39 is 76.8 Å². The van der Waals surface area contributed by atoms with Crippen LogP contribution in [-0.4, -0.2) is 68.7 Å². The quantitative estimate of drug-likeness (QED) is 0.350. The summed E-state index contributed by atoms with van der Waals surface area (Å²) in [5.74, 6) is -12.7. The van der Waals surface area contributed by atoms with Gasteiger partial charge in [-0.3, -0.25) is 24.0 Å². The molecule has 192 valence electrons. The molecule has 0 heterocycles. The van der Waals surface area contributed by atoms with Gasteiger partial charge in [0.1, 0.15) is 5.75 Å². The zero-order valence-electron chi connectivity index (χ0n) is 19.7. The minimum atomic E-state index is -2.91. The van der Waals surface area contributed by atoms with E-state index in [-0.39, 0.29) is 23.9 Å². The van der Waals surface area contributed by atoms with Crippen molar-refractivity contribution in [1.29, 1.82) is 0 Å². The molecule has 1 aromatic carbocycles. The van der Waals surface area contributed by atoms with Gasteiger partial charge in [-0.05, 0) is 24.5 Å². The van der Waals surface area contributed by atoms with Crippen LogP contribution in [0.4, 0.5) is 0 Å². The van der Waals surface area contributed by atoms with Crippen LogP contribution in [0.15, 0.2) is 18.2 Å². The monoisotopic (exact) mass is 498 g/mol. The first-order valence-corrected chi connectivity index (χ1v) is 12.5. The zero-order valence-corrected chi connectivity index (χ0v) is 19.7. The number of aromatic hydroxyl groups is 1. The van der Waals surface area contributed by atoms with Gasteiger partial charge in [-0.2, -0.15) is 0 Å². The predicted octanol–water partition coefficient (Wildman–Crippen LogP) is -0.239. The first kappa shape index (κ1) is 24.7. The highest BCUT2D eigenvalue weighted by Gasteiger charge is 2.70. The summed E-state index contributed by atoms with van der Waals surface area (Å²) >= 11 is 0. The van der Waals surface area contributed by atoms with Crippen molar-refractivity contribution in [1.82, 2.24) is 5.32 Å². The average molecular weight is 499 g/mol. The van der Waals surface area contributed by atoms with Crippen molar-refractivity contribution in [2.45, 2.75) is 62.2 Å². The lowest BCUT2D eigenvalue weighted by Crippen LogP contribution is -2.72. The first-order valence-electron chi connectivity index (χ1n) is 12.5. The number of benzene rings is 1. The van der Waals surface area contributed by atoms with Crippen LogP contribution >= 0.6 is 0 Å². The second-order valence-electron chi connectivity index (χ2n) is 10.6. The Kier molecular flexibility index (Phi) is 6.09. The van der Waals surface area contributed by atoms with E-state index in [1.165, 1.54) is 6.07 Å². The summed E-state index contributed by atoms with van der Waals surface area (Å²) in [5.41, 5.74) is 2.68. The van der Waals surface area contributed by atoms with Crippen LogP contribution in [0.25, 0.3) is 0 Å². The third-order valence-electron chi connectivity index (χ3n) is 8.75. The van der Waals surface area contributed by atoms with Gasteiger partial charge >= 0.3 is 0 Å². The highest BCUT2D eigenvalue weighted by Crippen LogP contribution is 2.53. The molecule has 0 bridgehead atoms. The summed E-state index contributed by atoms with van der Waals surface area (Å²) < 4.78 is 0. The van der Waals surface area contributed by atoms with E-state index in [9.17, 15) is 39.3 Å². The largest absolute Gasteiger partial charge is 0.507 e. The molecule has 4 aliphatic rings. The normalized spacial score (nSPS) is 36.7. The summed E-state index contributed by atoms with van der Waals surface area (Å²) in [6, 6.07) is 4.78. The minimum absolute atomic E-state index is 0.0809. The van der Waals surface area contributed by atoms with Gasteiger partial charge in [-0.1, -0.05) is 31.4 Å². The van der Waals surface area contributed by atoms with E-state index in [2.05, 4.69) is 5.32 Å². The number of fused-ring (bicyclic) bond motifs is 3. The highest BCUT2D eigenvalue weighted by atomic mass is 16.3. The molecule has 0 aromatic heterocycles.